The molecule has 1 aliphatic rings. The summed E-state index contributed by atoms with van der Waals surface area (Å²) in [6.07, 6.45) is 0.802. The van der Waals surface area contributed by atoms with Gasteiger partial charge in [0.2, 0.25) is 0 Å². The average Bonchev–Trinajstić information content (AvgIpc) is 2.38. The standard InChI is InChI=1S/C11H13N3O4/c12-10-5-8(1-2-11(10)14(16)17)13-3-4-18-7-9(13)6-15/h1-2,5-6,9H,3-4,7,12H2. The maximum atomic E-state index is 10.9. The quantitative estimate of drug-likeness (QED) is 0.365. The number of hydrogen-bond acceptors (Lipinski definition) is 6. The van der Waals surface area contributed by atoms with Gasteiger partial charge >= 0.3 is 0 Å². The highest BCUT2D eigenvalue weighted by Gasteiger charge is 2.24. The molecular formula is C11H13N3O4. The van der Waals surface area contributed by atoms with Crippen molar-refractivity contribution in [2.24, 2.45) is 0 Å². The summed E-state index contributed by atoms with van der Waals surface area (Å²) in [6.45, 7) is 1.39. The molecule has 0 aromatic heterocycles. The van der Waals surface area contributed by atoms with Crippen molar-refractivity contribution in [2.75, 3.05) is 30.4 Å². The normalized spacial score (nSPS) is 19.6. The molecule has 0 saturated carbocycles. The molecule has 18 heavy (non-hydrogen) atoms. The van der Waals surface area contributed by atoms with Crippen LogP contribution in [0.5, 0.6) is 0 Å². The highest BCUT2D eigenvalue weighted by atomic mass is 16.6. The van der Waals surface area contributed by atoms with Gasteiger partial charge in [-0.3, -0.25) is 10.1 Å². The molecule has 2 rings (SSSR count). The van der Waals surface area contributed by atoms with Crippen LogP contribution in [0.15, 0.2) is 18.2 Å². The molecule has 0 amide bonds. The molecular weight excluding hydrogens is 238 g/mol. The summed E-state index contributed by atoms with van der Waals surface area (Å²) in [5.41, 5.74) is 6.28. The Morgan fingerprint density at radius 1 is 1.56 bits per heavy atom. The van der Waals surface area contributed by atoms with Crippen LogP contribution < -0.4 is 10.6 Å². The van der Waals surface area contributed by atoms with E-state index < -0.39 is 4.92 Å². The topological polar surface area (TPSA) is 98.7 Å². The molecule has 0 bridgehead atoms. The van der Waals surface area contributed by atoms with Crippen LogP contribution >= 0.6 is 0 Å². The fourth-order valence-electron chi connectivity index (χ4n) is 1.94. The number of carbonyl (C=O) groups is 1. The molecule has 1 heterocycles. The van der Waals surface area contributed by atoms with Crippen molar-refractivity contribution in [3.63, 3.8) is 0 Å². The Bertz CT molecular complexity index is 477. The van der Waals surface area contributed by atoms with Crippen LogP contribution in [-0.2, 0) is 9.53 Å². The summed E-state index contributed by atoms with van der Waals surface area (Å²) in [5, 5.41) is 10.7. The lowest BCUT2D eigenvalue weighted by atomic mass is 10.1. The van der Waals surface area contributed by atoms with Gasteiger partial charge in [0.05, 0.1) is 18.1 Å². The molecule has 1 fully saturated rings. The van der Waals surface area contributed by atoms with Gasteiger partial charge in [0.25, 0.3) is 5.69 Å². The molecule has 0 aliphatic carbocycles. The Kier molecular flexibility index (Phi) is 3.42. The van der Waals surface area contributed by atoms with Crippen molar-refractivity contribution in [1.29, 1.82) is 0 Å². The van der Waals surface area contributed by atoms with E-state index >= 15 is 0 Å². The lowest BCUT2D eigenvalue weighted by molar-refractivity contribution is -0.383. The summed E-state index contributed by atoms with van der Waals surface area (Å²) in [4.78, 5) is 22.9. The van der Waals surface area contributed by atoms with Crippen molar-refractivity contribution in [1.82, 2.24) is 0 Å². The third kappa shape index (κ3) is 2.25. The summed E-state index contributed by atoms with van der Waals surface area (Å²) in [6, 6.07) is 4.08. The van der Waals surface area contributed by atoms with Crippen molar-refractivity contribution < 1.29 is 14.5 Å². The van der Waals surface area contributed by atoms with Crippen LogP contribution in [-0.4, -0.2) is 37.0 Å². The van der Waals surface area contributed by atoms with Crippen LogP contribution in [0.1, 0.15) is 0 Å². The Morgan fingerprint density at radius 3 is 2.94 bits per heavy atom. The van der Waals surface area contributed by atoms with Gasteiger partial charge < -0.3 is 20.2 Å². The van der Waals surface area contributed by atoms with E-state index in [0.717, 1.165) is 6.29 Å². The van der Waals surface area contributed by atoms with Crippen LogP contribution in [0.2, 0.25) is 0 Å². The average molecular weight is 251 g/mol. The largest absolute Gasteiger partial charge is 0.393 e. The van der Waals surface area contributed by atoms with Gasteiger partial charge in [-0.1, -0.05) is 0 Å². The Hall–Kier alpha value is -2.15. The number of carbonyl (C=O) groups excluding carboxylic acids is 1. The fraction of sp³-hybridized carbons (Fsp3) is 0.364. The minimum atomic E-state index is -0.532. The number of nitrogens with zero attached hydrogens (tertiary/aromatic N) is 2. The van der Waals surface area contributed by atoms with E-state index in [1.54, 1.807) is 6.07 Å². The molecule has 2 N–H and O–H groups in total. The van der Waals surface area contributed by atoms with E-state index in [9.17, 15) is 14.9 Å². The molecule has 7 heteroatoms. The molecule has 1 aliphatic heterocycles. The zero-order valence-electron chi connectivity index (χ0n) is 9.61. The summed E-state index contributed by atoms with van der Waals surface area (Å²) >= 11 is 0. The zero-order valence-corrected chi connectivity index (χ0v) is 9.61. The highest BCUT2D eigenvalue weighted by molar-refractivity contribution is 5.71. The third-order valence-corrected chi connectivity index (χ3v) is 2.86. The molecule has 0 spiro atoms. The van der Waals surface area contributed by atoms with Crippen LogP contribution in [0, 0.1) is 10.1 Å². The molecule has 0 radical (unpaired) electrons. The Morgan fingerprint density at radius 2 is 2.33 bits per heavy atom. The minimum Gasteiger partial charge on any atom is -0.393 e. The first-order valence-electron chi connectivity index (χ1n) is 5.47. The molecule has 1 aromatic rings. The second-order valence-corrected chi connectivity index (χ2v) is 3.97. The number of rotatable bonds is 3. The van der Waals surface area contributed by atoms with Gasteiger partial charge in [0.15, 0.2) is 0 Å². The number of ether oxygens (including phenoxy) is 1. The number of nitrogens with two attached hydrogens (primary N) is 1. The van der Waals surface area contributed by atoms with E-state index in [1.165, 1.54) is 12.1 Å². The van der Waals surface area contributed by atoms with Gasteiger partial charge in [-0.15, -0.1) is 0 Å². The van der Waals surface area contributed by atoms with Gasteiger partial charge in [-0.2, -0.15) is 0 Å². The number of nitro benzene ring substituents is 1. The zero-order chi connectivity index (χ0) is 13.1. The van der Waals surface area contributed by atoms with Crippen LogP contribution in [0.3, 0.4) is 0 Å². The number of anilines is 2. The van der Waals surface area contributed by atoms with Gasteiger partial charge in [-0.05, 0) is 12.1 Å². The fourth-order valence-corrected chi connectivity index (χ4v) is 1.94. The van der Waals surface area contributed by atoms with Crippen LogP contribution in [0.25, 0.3) is 0 Å². The number of hydrogen-bond donors (Lipinski definition) is 1. The van der Waals surface area contributed by atoms with Gasteiger partial charge in [0.1, 0.15) is 18.0 Å². The highest BCUT2D eigenvalue weighted by Crippen LogP contribution is 2.28. The number of aldehydes is 1. The van der Waals surface area contributed by atoms with E-state index in [2.05, 4.69) is 0 Å². The Labute approximate surface area is 103 Å². The van der Waals surface area contributed by atoms with Crippen molar-refractivity contribution >= 4 is 23.3 Å². The molecule has 7 nitrogen and oxygen atoms in total. The molecule has 1 atom stereocenters. The number of benzene rings is 1. The first-order valence-corrected chi connectivity index (χ1v) is 5.47. The van der Waals surface area contributed by atoms with E-state index in [0.29, 0.717) is 25.4 Å². The van der Waals surface area contributed by atoms with Crippen molar-refractivity contribution in [3.05, 3.63) is 28.3 Å². The predicted octanol–water partition coefficient (Wildman–Crippen LogP) is 0.581. The van der Waals surface area contributed by atoms with E-state index in [-0.39, 0.29) is 17.4 Å². The molecule has 96 valence electrons. The molecule has 1 saturated heterocycles. The van der Waals surface area contributed by atoms with E-state index in [1.807, 2.05) is 4.90 Å². The Balaban J connectivity index is 2.30. The number of nitro groups is 1. The van der Waals surface area contributed by atoms with E-state index in [4.69, 9.17) is 10.5 Å². The van der Waals surface area contributed by atoms with Gasteiger partial charge in [0, 0.05) is 18.3 Å². The number of nitrogen functional groups attached to an aromatic ring is 1. The summed E-state index contributed by atoms with van der Waals surface area (Å²) in [7, 11) is 0. The SMILES string of the molecule is Nc1cc(N2CCOCC2C=O)ccc1[N+](=O)[O-]. The lowest BCUT2D eigenvalue weighted by Crippen LogP contribution is -2.46. The monoisotopic (exact) mass is 251 g/mol. The second-order valence-electron chi connectivity index (χ2n) is 3.97. The maximum Gasteiger partial charge on any atom is 0.292 e. The summed E-state index contributed by atoms with van der Waals surface area (Å²) in [5.74, 6) is 0. The first-order chi connectivity index (χ1) is 8.63. The summed E-state index contributed by atoms with van der Waals surface area (Å²) < 4.78 is 5.20. The molecule has 1 unspecified atom stereocenters. The minimum absolute atomic E-state index is 0.0913. The smallest absolute Gasteiger partial charge is 0.292 e. The second kappa shape index (κ2) is 5.01. The predicted molar refractivity (Wildman–Crippen MR) is 65.5 cm³/mol. The lowest BCUT2D eigenvalue weighted by Gasteiger charge is -2.34. The number of morpholine rings is 1. The maximum absolute atomic E-state index is 10.9. The van der Waals surface area contributed by atoms with Crippen molar-refractivity contribution in [3.8, 4) is 0 Å². The van der Waals surface area contributed by atoms with Gasteiger partial charge in [-0.25, -0.2) is 0 Å². The van der Waals surface area contributed by atoms with Crippen LogP contribution in [0.4, 0.5) is 17.1 Å². The molecule has 1 aromatic carbocycles. The third-order valence-electron chi connectivity index (χ3n) is 2.86. The first kappa shape index (κ1) is 12.3. The van der Waals surface area contributed by atoms with Crippen molar-refractivity contribution in [2.45, 2.75) is 6.04 Å².